The molecule has 1 aromatic heterocycles. The predicted molar refractivity (Wildman–Crippen MR) is 70.0 cm³/mol. The summed E-state index contributed by atoms with van der Waals surface area (Å²) in [4.78, 5) is 11.4. The standard InChI is InChI=1S/C12H11ClF2N4O/c1-2-5-16-11-17-10(13)18-12(19-11)20-9-6-7(14)3-4-8(9)15/h3-4,6H,2,5H2,1H3,(H,16,17,18,19). The molecule has 0 saturated heterocycles. The largest absolute Gasteiger partial charge is 0.421 e. The van der Waals surface area contributed by atoms with Crippen molar-refractivity contribution in [3.63, 3.8) is 0 Å². The van der Waals surface area contributed by atoms with Gasteiger partial charge in [0.05, 0.1) is 0 Å². The van der Waals surface area contributed by atoms with Crippen molar-refractivity contribution in [2.75, 3.05) is 11.9 Å². The number of benzene rings is 1. The highest BCUT2D eigenvalue weighted by Crippen LogP contribution is 2.23. The quantitative estimate of drug-likeness (QED) is 0.917. The van der Waals surface area contributed by atoms with Crippen LogP contribution >= 0.6 is 11.6 Å². The Morgan fingerprint density at radius 2 is 2.05 bits per heavy atom. The number of hydrogen-bond acceptors (Lipinski definition) is 5. The molecule has 0 amide bonds. The van der Waals surface area contributed by atoms with Gasteiger partial charge in [0, 0.05) is 12.6 Å². The number of halogens is 3. The SMILES string of the molecule is CCCNc1nc(Cl)nc(Oc2cc(F)ccc2F)n1. The minimum atomic E-state index is -0.731. The molecule has 5 nitrogen and oxygen atoms in total. The van der Waals surface area contributed by atoms with E-state index in [-0.39, 0.29) is 23.0 Å². The molecule has 0 radical (unpaired) electrons. The maximum atomic E-state index is 13.4. The van der Waals surface area contributed by atoms with Crippen LogP contribution in [0, 0.1) is 11.6 Å². The molecule has 20 heavy (non-hydrogen) atoms. The second kappa shape index (κ2) is 6.42. The van der Waals surface area contributed by atoms with Gasteiger partial charge in [-0.2, -0.15) is 15.0 Å². The number of nitrogens with one attached hydrogen (secondary N) is 1. The molecule has 0 aliphatic carbocycles. The van der Waals surface area contributed by atoms with Crippen LogP contribution in [0.25, 0.3) is 0 Å². The van der Waals surface area contributed by atoms with Crippen molar-refractivity contribution in [1.82, 2.24) is 15.0 Å². The Morgan fingerprint density at radius 1 is 1.25 bits per heavy atom. The average Bonchev–Trinajstić information content (AvgIpc) is 2.40. The Bertz CT molecular complexity index is 612. The molecular weight excluding hydrogens is 290 g/mol. The van der Waals surface area contributed by atoms with Gasteiger partial charge in [-0.1, -0.05) is 6.92 Å². The van der Waals surface area contributed by atoms with E-state index in [1.165, 1.54) is 0 Å². The smallest absolute Gasteiger partial charge is 0.328 e. The van der Waals surface area contributed by atoms with Gasteiger partial charge in [0.15, 0.2) is 11.6 Å². The summed E-state index contributed by atoms with van der Waals surface area (Å²) in [6.45, 7) is 2.60. The molecule has 1 N–H and O–H groups in total. The van der Waals surface area contributed by atoms with Crippen molar-refractivity contribution in [2.45, 2.75) is 13.3 Å². The van der Waals surface area contributed by atoms with Crippen LogP contribution < -0.4 is 10.1 Å². The normalized spacial score (nSPS) is 10.4. The van der Waals surface area contributed by atoms with Crippen LogP contribution in [-0.2, 0) is 0 Å². The third-order valence-electron chi connectivity index (χ3n) is 2.22. The summed E-state index contributed by atoms with van der Waals surface area (Å²) in [7, 11) is 0. The zero-order valence-corrected chi connectivity index (χ0v) is 11.3. The van der Waals surface area contributed by atoms with Gasteiger partial charge < -0.3 is 10.1 Å². The molecule has 2 rings (SSSR count). The van der Waals surface area contributed by atoms with E-state index in [0.717, 1.165) is 24.6 Å². The number of hydrogen-bond donors (Lipinski definition) is 1. The zero-order chi connectivity index (χ0) is 14.5. The molecule has 0 atom stereocenters. The van der Waals surface area contributed by atoms with E-state index in [1.807, 2.05) is 6.92 Å². The lowest BCUT2D eigenvalue weighted by Gasteiger charge is -2.07. The zero-order valence-electron chi connectivity index (χ0n) is 10.5. The fourth-order valence-electron chi connectivity index (χ4n) is 1.35. The summed E-state index contributed by atoms with van der Waals surface area (Å²) in [5.41, 5.74) is 0. The lowest BCUT2D eigenvalue weighted by atomic mass is 10.3. The summed E-state index contributed by atoms with van der Waals surface area (Å²) in [6, 6.07) is 2.61. The van der Waals surface area contributed by atoms with Gasteiger partial charge in [-0.15, -0.1) is 0 Å². The first-order valence-electron chi connectivity index (χ1n) is 5.87. The minimum Gasteiger partial charge on any atom is -0.421 e. The minimum absolute atomic E-state index is 0.106. The highest BCUT2D eigenvalue weighted by Gasteiger charge is 2.11. The van der Waals surface area contributed by atoms with Crippen LogP contribution in [0.15, 0.2) is 18.2 Å². The number of aromatic nitrogens is 3. The van der Waals surface area contributed by atoms with E-state index in [4.69, 9.17) is 16.3 Å². The van der Waals surface area contributed by atoms with Gasteiger partial charge in [-0.3, -0.25) is 0 Å². The van der Waals surface area contributed by atoms with Gasteiger partial charge in [0.1, 0.15) is 5.82 Å². The molecule has 0 spiro atoms. The first-order valence-corrected chi connectivity index (χ1v) is 6.24. The molecule has 106 valence electrons. The molecule has 0 bridgehead atoms. The fraction of sp³-hybridized carbons (Fsp3) is 0.250. The first-order chi connectivity index (χ1) is 9.58. The Kier molecular flexibility index (Phi) is 4.62. The number of ether oxygens (including phenoxy) is 1. The lowest BCUT2D eigenvalue weighted by Crippen LogP contribution is -2.06. The van der Waals surface area contributed by atoms with Crippen LogP contribution in [0.3, 0.4) is 0 Å². The topological polar surface area (TPSA) is 59.9 Å². The molecule has 0 fully saturated rings. The molecule has 0 saturated carbocycles. The monoisotopic (exact) mass is 300 g/mol. The van der Waals surface area contributed by atoms with Gasteiger partial charge >= 0.3 is 6.01 Å². The number of anilines is 1. The van der Waals surface area contributed by atoms with Gasteiger partial charge in [0.2, 0.25) is 11.2 Å². The van der Waals surface area contributed by atoms with E-state index in [9.17, 15) is 8.78 Å². The van der Waals surface area contributed by atoms with E-state index in [2.05, 4.69) is 20.3 Å². The summed E-state index contributed by atoms with van der Waals surface area (Å²) in [5, 5.41) is 2.79. The Labute approximate surface area is 119 Å². The van der Waals surface area contributed by atoms with Crippen molar-refractivity contribution < 1.29 is 13.5 Å². The summed E-state index contributed by atoms with van der Waals surface area (Å²) in [5.74, 6) is -1.48. The maximum Gasteiger partial charge on any atom is 0.328 e. The lowest BCUT2D eigenvalue weighted by molar-refractivity contribution is 0.406. The molecular formula is C12H11ClF2N4O. The van der Waals surface area contributed by atoms with Crippen molar-refractivity contribution in [2.24, 2.45) is 0 Å². The van der Waals surface area contributed by atoms with E-state index >= 15 is 0 Å². The van der Waals surface area contributed by atoms with Crippen molar-refractivity contribution in [1.29, 1.82) is 0 Å². The average molecular weight is 301 g/mol. The van der Waals surface area contributed by atoms with Crippen molar-refractivity contribution in [3.8, 4) is 11.8 Å². The molecule has 1 aromatic carbocycles. The van der Waals surface area contributed by atoms with Gasteiger partial charge in [-0.05, 0) is 30.2 Å². The second-order valence-corrected chi connectivity index (χ2v) is 4.15. The molecule has 2 aromatic rings. The van der Waals surface area contributed by atoms with Crippen LogP contribution in [0.2, 0.25) is 5.28 Å². The highest BCUT2D eigenvalue weighted by atomic mass is 35.5. The van der Waals surface area contributed by atoms with Gasteiger partial charge in [0.25, 0.3) is 0 Å². The molecule has 1 heterocycles. The highest BCUT2D eigenvalue weighted by molar-refractivity contribution is 6.28. The molecule has 0 unspecified atom stereocenters. The maximum absolute atomic E-state index is 13.4. The van der Waals surface area contributed by atoms with E-state index < -0.39 is 11.6 Å². The Morgan fingerprint density at radius 3 is 2.80 bits per heavy atom. The van der Waals surface area contributed by atoms with Crippen LogP contribution in [-0.4, -0.2) is 21.5 Å². The van der Waals surface area contributed by atoms with Crippen LogP contribution in [0.5, 0.6) is 11.8 Å². The predicted octanol–water partition coefficient (Wildman–Crippen LogP) is 3.42. The number of rotatable bonds is 5. The molecule has 8 heteroatoms. The Hall–Kier alpha value is -2.02. The van der Waals surface area contributed by atoms with Crippen molar-refractivity contribution >= 4 is 17.5 Å². The Balaban J connectivity index is 2.24. The van der Waals surface area contributed by atoms with Gasteiger partial charge in [-0.25, -0.2) is 8.78 Å². The molecule has 0 aliphatic heterocycles. The third kappa shape index (κ3) is 3.74. The third-order valence-corrected chi connectivity index (χ3v) is 2.38. The van der Waals surface area contributed by atoms with E-state index in [1.54, 1.807) is 0 Å². The first kappa shape index (κ1) is 14.4. The summed E-state index contributed by atoms with van der Waals surface area (Å²) in [6.07, 6.45) is 0.859. The molecule has 0 aliphatic rings. The summed E-state index contributed by atoms with van der Waals surface area (Å²) >= 11 is 5.72. The van der Waals surface area contributed by atoms with Crippen molar-refractivity contribution in [3.05, 3.63) is 35.1 Å². The second-order valence-electron chi connectivity index (χ2n) is 3.81. The van der Waals surface area contributed by atoms with Crippen LogP contribution in [0.1, 0.15) is 13.3 Å². The van der Waals surface area contributed by atoms with E-state index in [0.29, 0.717) is 6.54 Å². The fourth-order valence-corrected chi connectivity index (χ4v) is 1.50. The van der Waals surface area contributed by atoms with Crippen LogP contribution in [0.4, 0.5) is 14.7 Å². The summed E-state index contributed by atoms with van der Waals surface area (Å²) < 4.78 is 31.6. The number of nitrogens with zero attached hydrogens (tertiary/aromatic N) is 3.